The van der Waals surface area contributed by atoms with E-state index < -0.39 is 0 Å². The highest BCUT2D eigenvalue weighted by atomic mass is 16.6. The third-order valence-corrected chi connectivity index (χ3v) is 6.12. The molecule has 1 aromatic rings. The van der Waals surface area contributed by atoms with Crippen LogP contribution in [0.4, 0.5) is 5.69 Å². The van der Waals surface area contributed by atoms with E-state index >= 15 is 0 Å². The molecular formula is C33H61NO11. The Balaban J connectivity index is 1.62. The Morgan fingerprint density at radius 1 is 0.356 bits per heavy atom. The number of unbranched alkanes of at least 4 members (excludes halogenated alkanes) is 4. The Labute approximate surface area is 271 Å². The van der Waals surface area contributed by atoms with Crippen LogP contribution >= 0.6 is 0 Å². The predicted octanol–water partition coefficient (Wildman–Crippen LogP) is 3.78. The molecule has 2 N–H and O–H groups in total. The normalized spacial score (nSPS) is 11.4. The van der Waals surface area contributed by atoms with Crippen molar-refractivity contribution in [3.05, 3.63) is 24.3 Å². The van der Waals surface area contributed by atoms with Gasteiger partial charge in [0.15, 0.2) is 0 Å². The zero-order valence-electron chi connectivity index (χ0n) is 27.8. The van der Waals surface area contributed by atoms with Crippen LogP contribution in [0.15, 0.2) is 24.3 Å². The van der Waals surface area contributed by atoms with E-state index in [-0.39, 0.29) is 0 Å². The van der Waals surface area contributed by atoms with Crippen molar-refractivity contribution in [2.45, 2.75) is 39.0 Å². The molecule has 0 atom stereocenters. The minimum absolute atomic E-state index is 0.479. The summed E-state index contributed by atoms with van der Waals surface area (Å²) >= 11 is 0. The van der Waals surface area contributed by atoms with Crippen molar-refractivity contribution in [2.75, 3.05) is 144 Å². The summed E-state index contributed by atoms with van der Waals surface area (Å²) in [5.41, 5.74) is 6.35. The van der Waals surface area contributed by atoms with Gasteiger partial charge in [-0.25, -0.2) is 0 Å². The molecule has 0 saturated heterocycles. The summed E-state index contributed by atoms with van der Waals surface area (Å²) in [5.74, 6) is 0.775. The van der Waals surface area contributed by atoms with E-state index in [1.165, 1.54) is 25.7 Å². The first kappa shape index (κ1) is 41.4. The summed E-state index contributed by atoms with van der Waals surface area (Å²) in [7, 11) is 0. The Kier molecular flexibility index (Phi) is 32.5. The van der Waals surface area contributed by atoms with Gasteiger partial charge in [0.05, 0.1) is 126 Å². The Morgan fingerprint density at radius 3 is 0.978 bits per heavy atom. The maximum atomic E-state index is 5.64. The van der Waals surface area contributed by atoms with Gasteiger partial charge in [0.25, 0.3) is 0 Å². The van der Waals surface area contributed by atoms with Crippen LogP contribution in [-0.2, 0) is 47.4 Å². The zero-order valence-corrected chi connectivity index (χ0v) is 27.8. The molecule has 0 aliphatic rings. The molecule has 0 bridgehead atoms. The molecule has 12 heteroatoms. The quantitative estimate of drug-likeness (QED) is 0.0834. The van der Waals surface area contributed by atoms with Crippen molar-refractivity contribution in [3.63, 3.8) is 0 Å². The third-order valence-electron chi connectivity index (χ3n) is 6.12. The summed E-state index contributed by atoms with van der Waals surface area (Å²) in [6.45, 7) is 13.7. The summed E-state index contributed by atoms with van der Waals surface area (Å²) in [6.07, 6.45) is 6.28. The maximum absolute atomic E-state index is 5.64. The standard InChI is InChI=1S/C33H61NO11/c1-2-3-4-5-6-11-35-12-13-36-14-15-37-16-17-38-18-19-39-20-21-40-22-23-41-24-25-42-26-27-43-28-29-44-30-31-45-33-9-7-32(34)8-10-33/h7-10H,2-6,11-31,34H2,1H3. The molecule has 45 heavy (non-hydrogen) atoms. The number of anilines is 1. The lowest BCUT2D eigenvalue weighted by Crippen LogP contribution is -2.15. The smallest absolute Gasteiger partial charge is 0.119 e. The fourth-order valence-electron chi connectivity index (χ4n) is 3.67. The summed E-state index contributed by atoms with van der Waals surface area (Å²) in [4.78, 5) is 0. The lowest BCUT2D eigenvalue weighted by molar-refractivity contribution is -0.0267. The minimum atomic E-state index is 0.479. The van der Waals surface area contributed by atoms with Crippen LogP contribution in [-0.4, -0.2) is 139 Å². The molecule has 1 aromatic carbocycles. The van der Waals surface area contributed by atoms with Crippen molar-refractivity contribution in [1.29, 1.82) is 0 Å². The second kappa shape index (κ2) is 35.3. The maximum Gasteiger partial charge on any atom is 0.119 e. The van der Waals surface area contributed by atoms with Crippen LogP contribution in [0.25, 0.3) is 0 Å². The largest absolute Gasteiger partial charge is 0.491 e. The first-order valence-electron chi connectivity index (χ1n) is 16.6. The van der Waals surface area contributed by atoms with Gasteiger partial charge in [-0.05, 0) is 30.7 Å². The van der Waals surface area contributed by atoms with E-state index in [2.05, 4.69) is 6.92 Å². The second-order valence-electron chi connectivity index (χ2n) is 9.96. The predicted molar refractivity (Wildman–Crippen MR) is 173 cm³/mol. The van der Waals surface area contributed by atoms with Crippen molar-refractivity contribution < 1.29 is 52.1 Å². The molecule has 0 saturated carbocycles. The highest BCUT2D eigenvalue weighted by molar-refractivity contribution is 5.41. The number of rotatable bonds is 37. The fraction of sp³-hybridized carbons (Fsp3) is 0.818. The van der Waals surface area contributed by atoms with Crippen molar-refractivity contribution in [1.82, 2.24) is 0 Å². The van der Waals surface area contributed by atoms with E-state index in [1.54, 1.807) is 12.1 Å². The Morgan fingerprint density at radius 2 is 0.644 bits per heavy atom. The van der Waals surface area contributed by atoms with E-state index in [9.17, 15) is 0 Å². The minimum Gasteiger partial charge on any atom is -0.491 e. The topological polar surface area (TPSA) is 128 Å². The molecule has 0 amide bonds. The van der Waals surface area contributed by atoms with Gasteiger partial charge in [0.1, 0.15) is 12.4 Å². The molecule has 0 aromatic heterocycles. The number of hydrogen-bond donors (Lipinski definition) is 1. The van der Waals surface area contributed by atoms with Crippen molar-refractivity contribution in [3.8, 4) is 5.75 Å². The molecule has 0 aliphatic carbocycles. The lowest BCUT2D eigenvalue weighted by atomic mass is 10.2. The summed E-state index contributed by atoms with van der Waals surface area (Å²) < 4.78 is 60.5. The molecule has 0 fully saturated rings. The Bertz CT molecular complexity index is 700. The molecule has 1 rings (SSSR count). The molecule has 0 unspecified atom stereocenters. The highest BCUT2D eigenvalue weighted by Gasteiger charge is 1.97. The Hall–Kier alpha value is -1.58. The zero-order chi connectivity index (χ0) is 32.1. The molecule has 0 aliphatic heterocycles. The van der Waals surface area contributed by atoms with Crippen LogP contribution in [0, 0.1) is 0 Å². The number of hydrogen-bond acceptors (Lipinski definition) is 12. The van der Waals surface area contributed by atoms with E-state index in [0.29, 0.717) is 138 Å². The monoisotopic (exact) mass is 647 g/mol. The van der Waals surface area contributed by atoms with Crippen LogP contribution in [0.5, 0.6) is 5.75 Å². The van der Waals surface area contributed by atoms with E-state index in [1.807, 2.05) is 12.1 Å². The van der Waals surface area contributed by atoms with Gasteiger partial charge >= 0.3 is 0 Å². The molecule has 0 spiro atoms. The average molecular weight is 648 g/mol. The second-order valence-corrected chi connectivity index (χ2v) is 9.96. The van der Waals surface area contributed by atoms with Gasteiger partial charge in [-0.1, -0.05) is 32.6 Å². The SMILES string of the molecule is CCCCCCCOCCOCCOCCOCCOCCOCCOCCOCCOCCOCCOc1ccc(N)cc1. The first-order chi connectivity index (χ1) is 22.3. The highest BCUT2D eigenvalue weighted by Crippen LogP contribution is 2.12. The van der Waals surface area contributed by atoms with Gasteiger partial charge in [0, 0.05) is 12.3 Å². The number of nitrogen functional groups attached to an aromatic ring is 1. The van der Waals surface area contributed by atoms with Gasteiger partial charge in [-0.3, -0.25) is 0 Å². The molecule has 12 nitrogen and oxygen atoms in total. The average Bonchev–Trinajstić information content (AvgIpc) is 3.05. The van der Waals surface area contributed by atoms with Crippen LogP contribution in [0.3, 0.4) is 0 Å². The first-order valence-corrected chi connectivity index (χ1v) is 16.6. The molecule has 0 heterocycles. The van der Waals surface area contributed by atoms with Crippen LogP contribution in [0.1, 0.15) is 39.0 Å². The third kappa shape index (κ3) is 32.2. The van der Waals surface area contributed by atoms with E-state index in [0.717, 1.165) is 18.8 Å². The van der Waals surface area contributed by atoms with Gasteiger partial charge in [-0.2, -0.15) is 0 Å². The molecule has 264 valence electrons. The number of benzene rings is 1. The summed E-state index contributed by atoms with van der Waals surface area (Å²) in [5, 5.41) is 0. The summed E-state index contributed by atoms with van der Waals surface area (Å²) in [6, 6.07) is 7.27. The molecular weight excluding hydrogens is 586 g/mol. The lowest BCUT2D eigenvalue weighted by Gasteiger charge is -2.09. The van der Waals surface area contributed by atoms with Gasteiger partial charge in [-0.15, -0.1) is 0 Å². The molecule has 0 radical (unpaired) electrons. The number of ether oxygens (including phenoxy) is 11. The van der Waals surface area contributed by atoms with Gasteiger partial charge < -0.3 is 57.8 Å². The van der Waals surface area contributed by atoms with Crippen molar-refractivity contribution in [2.24, 2.45) is 0 Å². The van der Waals surface area contributed by atoms with E-state index in [4.69, 9.17) is 57.8 Å². The fourth-order valence-corrected chi connectivity index (χ4v) is 3.67. The van der Waals surface area contributed by atoms with Crippen molar-refractivity contribution >= 4 is 5.69 Å². The van der Waals surface area contributed by atoms with Crippen LogP contribution < -0.4 is 10.5 Å². The van der Waals surface area contributed by atoms with Crippen LogP contribution in [0.2, 0.25) is 0 Å². The van der Waals surface area contributed by atoms with Gasteiger partial charge in [0.2, 0.25) is 0 Å². The number of nitrogens with two attached hydrogens (primary N) is 1.